The molecule has 0 unspecified atom stereocenters. The minimum absolute atomic E-state index is 0.112. The van der Waals surface area contributed by atoms with Crippen molar-refractivity contribution in [2.45, 2.75) is 11.8 Å². The van der Waals surface area contributed by atoms with Gasteiger partial charge in [0.15, 0.2) is 0 Å². The summed E-state index contributed by atoms with van der Waals surface area (Å²) in [4.78, 5) is 24.8. The number of aryl methyl sites for hydroxylation is 1. The van der Waals surface area contributed by atoms with Gasteiger partial charge in [-0.05, 0) is 31.2 Å². The third-order valence-corrected chi connectivity index (χ3v) is 5.70. The molecule has 0 aliphatic carbocycles. The molecular weight excluding hydrogens is 383 g/mol. The molecule has 26 heavy (non-hydrogen) atoms. The minimum Gasteiger partial charge on any atom is -0.268 e. The van der Waals surface area contributed by atoms with Gasteiger partial charge < -0.3 is 0 Å². The summed E-state index contributed by atoms with van der Waals surface area (Å²) in [7, 11) is -4.20. The second kappa shape index (κ2) is 6.54. The fraction of sp³-hybridized carbons (Fsp3) is 0.0588. The van der Waals surface area contributed by atoms with Crippen LogP contribution in [0.25, 0.3) is 0 Å². The van der Waals surface area contributed by atoms with Crippen LogP contribution in [0.3, 0.4) is 0 Å². The van der Waals surface area contributed by atoms with Gasteiger partial charge in [0.05, 0.1) is 15.5 Å². The zero-order valence-electron chi connectivity index (χ0n) is 13.4. The van der Waals surface area contributed by atoms with Crippen LogP contribution in [-0.4, -0.2) is 22.9 Å². The molecule has 0 saturated heterocycles. The molecule has 0 atom stereocenters. The SMILES string of the molecule is Cc1ccc(S(=O)(=O)n2ccn(C(=O)c3c(F)cccc3Cl)c2=O)cc1. The standard InChI is InChI=1S/C17H12ClFN2O4S/c1-11-5-7-12(8-6-11)26(24,25)21-10-9-20(17(21)23)16(22)15-13(18)3-2-4-14(15)19/h2-10H,1H3. The highest BCUT2D eigenvalue weighted by molar-refractivity contribution is 7.90. The summed E-state index contributed by atoms with van der Waals surface area (Å²) in [6.45, 7) is 1.79. The average Bonchev–Trinajstić information content (AvgIpc) is 2.97. The fourth-order valence-electron chi connectivity index (χ4n) is 2.34. The van der Waals surface area contributed by atoms with Crippen molar-refractivity contribution in [3.63, 3.8) is 0 Å². The first-order valence-electron chi connectivity index (χ1n) is 7.34. The summed E-state index contributed by atoms with van der Waals surface area (Å²) in [5, 5.41) is -0.184. The topological polar surface area (TPSA) is 78.1 Å². The van der Waals surface area contributed by atoms with Crippen LogP contribution in [0, 0.1) is 12.7 Å². The first-order chi connectivity index (χ1) is 12.2. The third kappa shape index (κ3) is 2.97. The number of nitrogens with zero attached hydrogens (tertiary/aromatic N) is 2. The summed E-state index contributed by atoms with van der Waals surface area (Å²) in [6.07, 6.45) is 1.89. The predicted molar refractivity (Wildman–Crippen MR) is 93.6 cm³/mol. The lowest BCUT2D eigenvalue weighted by Gasteiger charge is -2.06. The minimum atomic E-state index is -4.20. The quantitative estimate of drug-likeness (QED) is 0.684. The maximum atomic E-state index is 13.9. The van der Waals surface area contributed by atoms with E-state index in [1.165, 1.54) is 24.3 Å². The van der Waals surface area contributed by atoms with Gasteiger partial charge in [0, 0.05) is 12.4 Å². The van der Waals surface area contributed by atoms with E-state index in [2.05, 4.69) is 0 Å². The molecule has 2 aromatic carbocycles. The zero-order valence-corrected chi connectivity index (χ0v) is 15.0. The molecule has 0 radical (unpaired) electrons. The highest BCUT2D eigenvalue weighted by atomic mass is 35.5. The van der Waals surface area contributed by atoms with E-state index < -0.39 is 33.0 Å². The van der Waals surface area contributed by atoms with Crippen LogP contribution < -0.4 is 5.69 Å². The molecule has 1 heterocycles. The smallest absolute Gasteiger partial charge is 0.268 e. The molecule has 0 aliphatic heterocycles. The van der Waals surface area contributed by atoms with Crippen LogP contribution >= 0.6 is 11.6 Å². The first kappa shape index (κ1) is 18.1. The number of aromatic nitrogens is 2. The van der Waals surface area contributed by atoms with Gasteiger partial charge >= 0.3 is 5.69 Å². The second-order valence-electron chi connectivity index (χ2n) is 5.47. The number of hydrogen-bond acceptors (Lipinski definition) is 4. The molecule has 3 rings (SSSR count). The van der Waals surface area contributed by atoms with Crippen LogP contribution in [0.15, 0.2) is 64.5 Å². The Morgan fingerprint density at radius 1 is 1.08 bits per heavy atom. The lowest BCUT2D eigenvalue weighted by Crippen LogP contribution is -2.33. The molecule has 1 aromatic heterocycles. The lowest BCUT2D eigenvalue weighted by molar-refractivity contribution is 0.0952. The third-order valence-electron chi connectivity index (χ3n) is 3.72. The number of carbonyl (C=O) groups excluding carboxylic acids is 1. The van der Waals surface area contributed by atoms with E-state index in [-0.39, 0.29) is 9.92 Å². The molecule has 0 aliphatic rings. The summed E-state index contributed by atoms with van der Waals surface area (Å²) in [5.41, 5.74) is -0.810. The fourth-order valence-corrected chi connectivity index (χ4v) is 3.80. The number of halogens is 2. The van der Waals surface area contributed by atoms with E-state index in [0.29, 0.717) is 8.54 Å². The van der Waals surface area contributed by atoms with E-state index in [4.69, 9.17) is 11.6 Å². The zero-order chi connectivity index (χ0) is 19.1. The van der Waals surface area contributed by atoms with Crippen molar-refractivity contribution in [1.82, 2.24) is 8.54 Å². The first-order valence-corrected chi connectivity index (χ1v) is 9.16. The normalized spacial score (nSPS) is 11.5. The lowest BCUT2D eigenvalue weighted by atomic mass is 10.2. The second-order valence-corrected chi connectivity index (χ2v) is 7.69. The maximum absolute atomic E-state index is 13.9. The van der Waals surface area contributed by atoms with E-state index in [0.717, 1.165) is 24.0 Å². The molecule has 0 saturated carbocycles. The van der Waals surface area contributed by atoms with Gasteiger partial charge in [-0.2, -0.15) is 3.97 Å². The summed E-state index contributed by atoms with van der Waals surface area (Å²) >= 11 is 5.83. The van der Waals surface area contributed by atoms with Crippen LogP contribution in [-0.2, 0) is 10.0 Å². The Labute approximate surface area is 153 Å². The van der Waals surface area contributed by atoms with E-state index in [1.807, 2.05) is 0 Å². The van der Waals surface area contributed by atoms with Gasteiger partial charge in [0.2, 0.25) is 0 Å². The van der Waals surface area contributed by atoms with Gasteiger partial charge in [-0.3, -0.25) is 4.79 Å². The van der Waals surface area contributed by atoms with Crippen LogP contribution in [0.5, 0.6) is 0 Å². The molecule has 0 amide bonds. The molecule has 9 heteroatoms. The Hall–Kier alpha value is -2.71. The monoisotopic (exact) mass is 394 g/mol. The van der Waals surface area contributed by atoms with Crippen molar-refractivity contribution in [2.75, 3.05) is 0 Å². The Morgan fingerprint density at radius 3 is 2.35 bits per heavy atom. The molecule has 0 spiro atoms. The predicted octanol–water partition coefficient (Wildman–Crippen LogP) is 2.68. The molecule has 0 N–H and O–H groups in total. The maximum Gasteiger partial charge on any atom is 0.349 e. The van der Waals surface area contributed by atoms with Crippen molar-refractivity contribution < 1.29 is 17.6 Å². The van der Waals surface area contributed by atoms with Gasteiger partial charge in [0.1, 0.15) is 5.82 Å². The van der Waals surface area contributed by atoms with Crippen molar-refractivity contribution in [2.24, 2.45) is 0 Å². The number of carbonyl (C=O) groups is 1. The summed E-state index contributed by atoms with van der Waals surface area (Å²) in [6, 6.07) is 9.49. The largest absolute Gasteiger partial charge is 0.349 e. The van der Waals surface area contributed by atoms with Crippen LogP contribution in [0.4, 0.5) is 4.39 Å². The van der Waals surface area contributed by atoms with Gasteiger partial charge in [-0.15, -0.1) is 0 Å². The Morgan fingerprint density at radius 2 is 1.73 bits per heavy atom. The van der Waals surface area contributed by atoms with Crippen molar-refractivity contribution in [3.8, 4) is 0 Å². The van der Waals surface area contributed by atoms with Crippen molar-refractivity contribution >= 4 is 27.5 Å². The van der Waals surface area contributed by atoms with Gasteiger partial charge in [0.25, 0.3) is 15.9 Å². The average molecular weight is 395 g/mol. The Bertz CT molecular complexity index is 1140. The van der Waals surface area contributed by atoms with Gasteiger partial charge in [-0.1, -0.05) is 35.4 Å². The number of imidazole rings is 1. The van der Waals surface area contributed by atoms with Gasteiger partial charge in [-0.25, -0.2) is 22.2 Å². The van der Waals surface area contributed by atoms with Crippen LogP contribution in [0.2, 0.25) is 5.02 Å². The molecule has 0 fully saturated rings. The van der Waals surface area contributed by atoms with Crippen molar-refractivity contribution in [3.05, 3.63) is 87.3 Å². The molecule has 134 valence electrons. The molecular formula is C17H12ClFN2O4S. The van der Waals surface area contributed by atoms with E-state index in [1.54, 1.807) is 19.1 Å². The number of hydrogen-bond donors (Lipinski definition) is 0. The van der Waals surface area contributed by atoms with Crippen LogP contribution in [0.1, 0.15) is 15.9 Å². The van der Waals surface area contributed by atoms with E-state index in [9.17, 15) is 22.4 Å². The molecule has 6 nitrogen and oxygen atoms in total. The number of rotatable bonds is 3. The number of benzene rings is 2. The molecule has 0 bridgehead atoms. The summed E-state index contributed by atoms with van der Waals surface area (Å²) in [5.74, 6) is -1.97. The van der Waals surface area contributed by atoms with Crippen molar-refractivity contribution in [1.29, 1.82) is 0 Å². The highest BCUT2D eigenvalue weighted by Crippen LogP contribution is 2.20. The highest BCUT2D eigenvalue weighted by Gasteiger charge is 2.25. The Balaban J connectivity index is 2.10. The summed E-state index contributed by atoms with van der Waals surface area (Å²) < 4.78 is 40.1. The molecule has 3 aromatic rings. The van der Waals surface area contributed by atoms with E-state index >= 15 is 0 Å². The Kier molecular flexibility index (Phi) is 4.55.